The maximum Gasteiger partial charge on any atom is 0.416 e. The van der Waals surface area contributed by atoms with Crippen LogP contribution in [0.3, 0.4) is 0 Å². The van der Waals surface area contributed by atoms with E-state index in [-0.39, 0.29) is 11.1 Å². The molecule has 0 saturated carbocycles. The first-order chi connectivity index (χ1) is 8.79. The van der Waals surface area contributed by atoms with E-state index < -0.39 is 17.6 Å². The number of rotatable bonds is 1. The summed E-state index contributed by atoms with van der Waals surface area (Å²) in [5.74, 6) is -0.524. The number of hydrogen-bond acceptors (Lipinski definition) is 1. The topological polar surface area (TPSA) is 3.24 Å². The number of benzene rings is 1. The molecule has 1 nitrogen and oxygen atoms in total. The largest absolute Gasteiger partial charge is 0.416 e. The van der Waals surface area contributed by atoms with E-state index in [4.69, 9.17) is 11.6 Å². The van der Waals surface area contributed by atoms with Gasteiger partial charge < -0.3 is 4.90 Å². The lowest BCUT2D eigenvalue weighted by Gasteiger charge is -2.35. The first-order valence-corrected chi connectivity index (χ1v) is 6.48. The fourth-order valence-corrected chi connectivity index (χ4v) is 2.47. The molecule has 6 heteroatoms. The maximum atomic E-state index is 13.8. The third-order valence-corrected chi connectivity index (χ3v) is 4.05. The van der Waals surface area contributed by atoms with Crippen molar-refractivity contribution in [2.24, 2.45) is 5.92 Å². The molecule has 1 aliphatic heterocycles. The molecule has 0 spiro atoms. The van der Waals surface area contributed by atoms with Crippen LogP contribution >= 0.6 is 11.6 Å². The van der Waals surface area contributed by atoms with E-state index in [1.54, 1.807) is 4.90 Å². The SMILES string of the molecule is CC1CCN(c2ccc(C(F)(F)F)cc2F)CC1Cl. The Morgan fingerprint density at radius 1 is 1.32 bits per heavy atom. The molecular formula is C13H14ClF4N. The summed E-state index contributed by atoms with van der Waals surface area (Å²) in [6, 6.07) is 2.62. The molecule has 2 atom stereocenters. The van der Waals surface area contributed by atoms with Crippen LogP contribution in [0.15, 0.2) is 18.2 Å². The third kappa shape index (κ3) is 3.14. The average molecular weight is 296 g/mol. The van der Waals surface area contributed by atoms with E-state index in [0.717, 1.165) is 12.5 Å². The van der Waals surface area contributed by atoms with Crippen LogP contribution in [0.1, 0.15) is 18.9 Å². The molecule has 0 aromatic heterocycles. The summed E-state index contributed by atoms with van der Waals surface area (Å²) in [6.45, 7) is 3.07. The lowest BCUT2D eigenvalue weighted by atomic mass is 9.98. The quantitative estimate of drug-likeness (QED) is 0.551. The van der Waals surface area contributed by atoms with E-state index in [1.165, 1.54) is 6.07 Å². The zero-order valence-corrected chi connectivity index (χ0v) is 11.1. The van der Waals surface area contributed by atoms with Crippen LogP contribution in [0.2, 0.25) is 0 Å². The Balaban J connectivity index is 2.22. The van der Waals surface area contributed by atoms with Gasteiger partial charge in [-0.15, -0.1) is 11.6 Å². The highest BCUT2D eigenvalue weighted by Crippen LogP contribution is 2.34. The van der Waals surface area contributed by atoms with Crippen molar-refractivity contribution < 1.29 is 17.6 Å². The first kappa shape index (κ1) is 14.4. The van der Waals surface area contributed by atoms with Crippen molar-refractivity contribution in [3.63, 3.8) is 0 Å². The van der Waals surface area contributed by atoms with Crippen molar-refractivity contribution in [1.82, 2.24) is 0 Å². The van der Waals surface area contributed by atoms with Crippen LogP contribution in [0, 0.1) is 11.7 Å². The number of alkyl halides is 4. The molecule has 19 heavy (non-hydrogen) atoms. The normalized spacial score (nSPS) is 24.6. The van der Waals surface area contributed by atoms with Crippen LogP contribution in [-0.4, -0.2) is 18.5 Å². The second-order valence-electron chi connectivity index (χ2n) is 4.89. The Morgan fingerprint density at radius 2 is 2.00 bits per heavy atom. The van der Waals surface area contributed by atoms with Gasteiger partial charge in [0.05, 0.1) is 16.6 Å². The Morgan fingerprint density at radius 3 is 2.53 bits per heavy atom. The van der Waals surface area contributed by atoms with E-state index in [0.29, 0.717) is 25.1 Å². The van der Waals surface area contributed by atoms with Crippen LogP contribution in [0.4, 0.5) is 23.2 Å². The van der Waals surface area contributed by atoms with Gasteiger partial charge >= 0.3 is 6.18 Å². The minimum Gasteiger partial charge on any atom is -0.368 e. The number of hydrogen-bond donors (Lipinski definition) is 0. The highest BCUT2D eigenvalue weighted by Gasteiger charge is 2.32. The van der Waals surface area contributed by atoms with Crippen molar-refractivity contribution in [1.29, 1.82) is 0 Å². The summed E-state index contributed by atoms with van der Waals surface area (Å²) in [6.07, 6.45) is -3.72. The molecular weight excluding hydrogens is 282 g/mol. The van der Waals surface area contributed by atoms with E-state index in [1.807, 2.05) is 6.92 Å². The van der Waals surface area contributed by atoms with Gasteiger partial charge in [-0.3, -0.25) is 0 Å². The third-order valence-electron chi connectivity index (χ3n) is 3.48. The summed E-state index contributed by atoms with van der Waals surface area (Å²) in [5.41, 5.74) is -0.785. The van der Waals surface area contributed by atoms with Gasteiger partial charge in [-0.2, -0.15) is 13.2 Å². The smallest absolute Gasteiger partial charge is 0.368 e. The lowest BCUT2D eigenvalue weighted by Crippen LogP contribution is -2.40. The Hall–Kier alpha value is -0.970. The molecule has 0 radical (unpaired) electrons. The number of halogens is 5. The molecule has 1 aromatic carbocycles. The van der Waals surface area contributed by atoms with Crippen molar-refractivity contribution in [3.8, 4) is 0 Å². The van der Waals surface area contributed by atoms with Gasteiger partial charge in [-0.25, -0.2) is 4.39 Å². The monoisotopic (exact) mass is 295 g/mol. The molecule has 0 N–H and O–H groups in total. The van der Waals surface area contributed by atoms with Gasteiger partial charge in [0.1, 0.15) is 5.82 Å². The summed E-state index contributed by atoms with van der Waals surface area (Å²) < 4.78 is 51.2. The molecule has 106 valence electrons. The molecule has 0 bridgehead atoms. The second kappa shape index (κ2) is 5.19. The van der Waals surface area contributed by atoms with Gasteiger partial charge in [0.15, 0.2) is 0 Å². The van der Waals surface area contributed by atoms with Crippen LogP contribution < -0.4 is 4.90 Å². The zero-order chi connectivity index (χ0) is 14.2. The molecule has 1 heterocycles. The van der Waals surface area contributed by atoms with Gasteiger partial charge in [0, 0.05) is 13.1 Å². The summed E-state index contributed by atoms with van der Waals surface area (Å²) in [7, 11) is 0. The van der Waals surface area contributed by atoms with Crippen molar-refractivity contribution in [2.45, 2.75) is 24.9 Å². The van der Waals surface area contributed by atoms with Crippen molar-refractivity contribution >= 4 is 17.3 Å². The number of nitrogens with zero attached hydrogens (tertiary/aromatic N) is 1. The molecule has 1 aliphatic rings. The second-order valence-corrected chi connectivity index (χ2v) is 5.45. The van der Waals surface area contributed by atoms with E-state index in [2.05, 4.69) is 0 Å². The molecule has 2 unspecified atom stereocenters. The number of piperidine rings is 1. The van der Waals surface area contributed by atoms with E-state index in [9.17, 15) is 17.6 Å². The molecule has 1 aromatic rings. The zero-order valence-electron chi connectivity index (χ0n) is 10.3. The average Bonchev–Trinajstić information content (AvgIpc) is 2.31. The van der Waals surface area contributed by atoms with Crippen LogP contribution in [0.25, 0.3) is 0 Å². The lowest BCUT2D eigenvalue weighted by molar-refractivity contribution is -0.137. The highest BCUT2D eigenvalue weighted by molar-refractivity contribution is 6.21. The molecule has 0 amide bonds. The molecule has 0 aliphatic carbocycles. The number of anilines is 1. The van der Waals surface area contributed by atoms with Gasteiger partial charge in [-0.05, 0) is 30.5 Å². The Bertz CT molecular complexity index is 460. The van der Waals surface area contributed by atoms with Gasteiger partial charge in [0.2, 0.25) is 0 Å². The summed E-state index contributed by atoms with van der Waals surface area (Å²) >= 11 is 6.12. The molecule has 2 rings (SSSR count). The molecule has 1 fully saturated rings. The summed E-state index contributed by atoms with van der Waals surface area (Å²) in [4.78, 5) is 1.70. The predicted molar refractivity (Wildman–Crippen MR) is 67.0 cm³/mol. The van der Waals surface area contributed by atoms with E-state index >= 15 is 0 Å². The standard InChI is InChI=1S/C13H14ClF4N/c1-8-4-5-19(7-10(8)14)12-3-2-9(6-11(12)15)13(16,17)18/h2-3,6,8,10H,4-5,7H2,1H3. The Kier molecular flexibility index (Phi) is 3.95. The van der Waals surface area contributed by atoms with Gasteiger partial charge in [-0.1, -0.05) is 6.92 Å². The minimum absolute atomic E-state index is 0.115. The van der Waals surface area contributed by atoms with Crippen LogP contribution in [0.5, 0.6) is 0 Å². The fraction of sp³-hybridized carbons (Fsp3) is 0.538. The minimum atomic E-state index is -4.52. The van der Waals surface area contributed by atoms with Crippen molar-refractivity contribution in [2.75, 3.05) is 18.0 Å². The summed E-state index contributed by atoms with van der Waals surface area (Å²) in [5, 5.41) is -0.115. The first-order valence-electron chi connectivity index (χ1n) is 6.05. The van der Waals surface area contributed by atoms with Crippen LogP contribution in [-0.2, 0) is 6.18 Å². The maximum absolute atomic E-state index is 13.8. The molecule has 1 saturated heterocycles. The fourth-order valence-electron chi connectivity index (χ4n) is 2.18. The highest BCUT2D eigenvalue weighted by atomic mass is 35.5. The predicted octanol–water partition coefficient (Wildman–Crippen LogP) is 4.30. The van der Waals surface area contributed by atoms with Crippen molar-refractivity contribution in [3.05, 3.63) is 29.6 Å². The van der Waals surface area contributed by atoms with Gasteiger partial charge in [0.25, 0.3) is 0 Å². The Labute approximate surface area is 114 Å².